The predicted molar refractivity (Wildman–Crippen MR) is 144 cm³/mol. The number of nitrogens with one attached hydrogen (secondary N) is 1. The van der Waals surface area contributed by atoms with Gasteiger partial charge >= 0.3 is 0 Å². The van der Waals surface area contributed by atoms with E-state index in [4.69, 9.17) is 10.5 Å². The third-order valence-electron chi connectivity index (χ3n) is 7.63. The number of amides is 2. The maximum absolute atomic E-state index is 13.0. The molecular formula is C28H47N5O3. The second kappa shape index (κ2) is 15.8. The van der Waals surface area contributed by atoms with Crippen LogP contribution in [0.25, 0.3) is 0 Å². The molecule has 8 nitrogen and oxygen atoms in total. The zero-order valence-electron chi connectivity index (χ0n) is 22.2. The summed E-state index contributed by atoms with van der Waals surface area (Å²) >= 11 is 0. The van der Waals surface area contributed by atoms with E-state index in [0.29, 0.717) is 19.6 Å². The van der Waals surface area contributed by atoms with Crippen LogP contribution in [0.2, 0.25) is 0 Å². The number of pyridine rings is 1. The van der Waals surface area contributed by atoms with E-state index < -0.39 is 0 Å². The maximum atomic E-state index is 13.0. The van der Waals surface area contributed by atoms with E-state index in [1.54, 1.807) is 0 Å². The Morgan fingerprint density at radius 3 is 2.47 bits per heavy atom. The number of rotatable bonds is 15. The number of aromatic nitrogens is 1. The van der Waals surface area contributed by atoms with Crippen LogP contribution in [0.5, 0.6) is 0 Å². The molecule has 3 unspecified atom stereocenters. The minimum atomic E-state index is -0.350. The van der Waals surface area contributed by atoms with Crippen LogP contribution in [0.1, 0.15) is 71.1 Å². The lowest BCUT2D eigenvalue weighted by molar-refractivity contribution is -0.135. The van der Waals surface area contributed by atoms with Crippen LogP contribution < -0.4 is 16.0 Å². The molecule has 3 N–H and O–H groups in total. The van der Waals surface area contributed by atoms with Gasteiger partial charge in [-0.3, -0.25) is 14.5 Å². The molecule has 202 valence electrons. The molecule has 36 heavy (non-hydrogen) atoms. The molecule has 3 atom stereocenters. The highest BCUT2D eigenvalue weighted by Gasteiger charge is 2.34. The Hall–Kier alpha value is -2.19. The molecule has 0 bridgehead atoms. The number of nitrogens with zero attached hydrogens (tertiary/aromatic N) is 3. The molecule has 1 aliphatic heterocycles. The lowest BCUT2D eigenvalue weighted by Crippen LogP contribution is -2.51. The van der Waals surface area contributed by atoms with Crippen molar-refractivity contribution in [3.05, 3.63) is 24.4 Å². The molecular weight excluding hydrogens is 454 g/mol. The molecule has 1 saturated carbocycles. The number of hydrogen-bond donors (Lipinski definition) is 2. The molecule has 1 aromatic rings. The van der Waals surface area contributed by atoms with Gasteiger partial charge in [0.2, 0.25) is 11.8 Å². The van der Waals surface area contributed by atoms with Gasteiger partial charge in [0.1, 0.15) is 5.82 Å². The van der Waals surface area contributed by atoms with Crippen LogP contribution in [0.4, 0.5) is 5.82 Å². The largest absolute Gasteiger partial charge is 0.375 e. The van der Waals surface area contributed by atoms with Crippen LogP contribution in [0.3, 0.4) is 0 Å². The van der Waals surface area contributed by atoms with E-state index in [1.807, 2.05) is 18.3 Å². The van der Waals surface area contributed by atoms with Crippen LogP contribution in [-0.4, -0.2) is 73.7 Å². The van der Waals surface area contributed by atoms with Crippen molar-refractivity contribution in [2.75, 3.05) is 50.8 Å². The van der Waals surface area contributed by atoms with Crippen molar-refractivity contribution in [3.8, 4) is 0 Å². The monoisotopic (exact) mass is 501 g/mol. The van der Waals surface area contributed by atoms with Gasteiger partial charge in [0.25, 0.3) is 0 Å². The molecule has 8 heteroatoms. The third-order valence-corrected chi connectivity index (χ3v) is 7.63. The Bertz CT molecular complexity index is 770. The maximum Gasteiger partial charge on any atom is 0.224 e. The first-order valence-electron chi connectivity index (χ1n) is 14.2. The van der Waals surface area contributed by atoms with Gasteiger partial charge in [-0.25, -0.2) is 4.98 Å². The van der Waals surface area contributed by atoms with Gasteiger partial charge in [0.15, 0.2) is 0 Å². The first kappa shape index (κ1) is 28.4. The molecule has 0 aromatic carbocycles. The summed E-state index contributed by atoms with van der Waals surface area (Å²) in [5.41, 5.74) is 5.59. The third kappa shape index (κ3) is 9.36. The molecule has 2 fully saturated rings. The number of piperazine rings is 1. The zero-order valence-corrected chi connectivity index (χ0v) is 22.2. The highest BCUT2D eigenvalue weighted by molar-refractivity contribution is 5.87. The van der Waals surface area contributed by atoms with Gasteiger partial charge in [0.05, 0.1) is 6.10 Å². The smallest absolute Gasteiger partial charge is 0.224 e. The topological polar surface area (TPSA) is 101 Å². The standard InChI is InChI=1S/C28H47N5O3/c1-2-3-4-5-6-11-20-36-23(21-31-28(35)25-13-8-7-12-24(25)27(29)34)22-32-16-18-33(19-17-32)26-14-9-10-15-30-26/h9-10,14-15,23-25H,2-8,11-13,16-22H2,1H3,(H2,29,34)(H,31,35). The van der Waals surface area contributed by atoms with E-state index in [9.17, 15) is 9.59 Å². The molecule has 2 heterocycles. The second-order valence-corrected chi connectivity index (χ2v) is 10.4. The number of anilines is 1. The Labute approximate surface area is 217 Å². The van der Waals surface area contributed by atoms with E-state index >= 15 is 0 Å². The SMILES string of the molecule is CCCCCCCCOC(CNC(=O)C1CCCCC1C(N)=O)CN1CCN(c2ccccn2)CC1. The minimum Gasteiger partial charge on any atom is -0.375 e. The number of carbonyl (C=O) groups is 2. The van der Waals surface area contributed by atoms with E-state index in [0.717, 1.165) is 64.2 Å². The zero-order chi connectivity index (χ0) is 25.6. The number of unbranched alkanes of at least 4 members (excludes halogenated alkanes) is 5. The Morgan fingerprint density at radius 1 is 1.06 bits per heavy atom. The number of nitrogens with two attached hydrogens (primary N) is 1. The number of primary amides is 1. The van der Waals surface area contributed by atoms with Crippen LogP contribution in [-0.2, 0) is 14.3 Å². The molecule has 1 aliphatic carbocycles. The Kier molecular flexibility index (Phi) is 12.5. The summed E-state index contributed by atoms with van der Waals surface area (Å²) in [6.07, 6.45) is 12.5. The molecule has 0 spiro atoms. The number of carbonyl (C=O) groups excluding carboxylic acids is 2. The second-order valence-electron chi connectivity index (χ2n) is 10.4. The average molecular weight is 502 g/mol. The molecule has 0 radical (unpaired) electrons. The van der Waals surface area contributed by atoms with Crippen molar-refractivity contribution < 1.29 is 14.3 Å². The first-order valence-corrected chi connectivity index (χ1v) is 14.2. The number of hydrogen-bond acceptors (Lipinski definition) is 6. The van der Waals surface area contributed by atoms with Crippen molar-refractivity contribution in [1.82, 2.24) is 15.2 Å². The summed E-state index contributed by atoms with van der Waals surface area (Å²) in [7, 11) is 0. The van der Waals surface area contributed by atoms with Crippen molar-refractivity contribution >= 4 is 17.6 Å². The molecule has 3 rings (SSSR count). The number of ether oxygens (including phenoxy) is 1. The molecule has 1 aromatic heterocycles. The minimum absolute atomic E-state index is 0.0494. The van der Waals surface area contributed by atoms with Gasteiger partial charge < -0.3 is 20.7 Å². The van der Waals surface area contributed by atoms with Gasteiger partial charge in [0, 0.05) is 63.9 Å². The lowest BCUT2D eigenvalue weighted by atomic mass is 9.78. The van der Waals surface area contributed by atoms with Gasteiger partial charge in [-0.05, 0) is 31.4 Å². The van der Waals surface area contributed by atoms with Crippen LogP contribution in [0, 0.1) is 11.8 Å². The molecule has 2 aliphatic rings. The summed E-state index contributed by atoms with van der Waals surface area (Å²) in [6, 6.07) is 6.03. The summed E-state index contributed by atoms with van der Waals surface area (Å²) in [6.45, 7) is 7.94. The van der Waals surface area contributed by atoms with Crippen LogP contribution >= 0.6 is 0 Å². The first-order chi connectivity index (χ1) is 17.6. The molecule has 1 saturated heterocycles. The summed E-state index contributed by atoms with van der Waals surface area (Å²) in [5.74, 6) is -0.0294. The Balaban J connectivity index is 1.48. The van der Waals surface area contributed by atoms with E-state index in [1.165, 1.54) is 32.1 Å². The van der Waals surface area contributed by atoms with Crippen molar-refractivity contribution in [3.63, 3.8) is 0 Å². The van der Waals surface area contributed by atoms with Crippen molar-refractivity contribution in [2.24, 2.45) is 17.6 Å². The molecule has 2 amide bonds. The fraction of sp³-hybridized carbons (Fsp3) is 0.750. The van der Waals surface area contributed by atoms with E-state index in [-0.39, 0.29) is 29.8 Å². The average Bonchev–Trinajstić information content (AvgIpc) is 2.91. The highest BCUT2D eigenvalue weighted by Crippen LogP contribution is 2.30. The lowest BCUT2D eigenvalue weighted by Gasteiger charge is -2.37. The van der Waals surface area contributed by atoms with Gasteiger partial charge in [-0.1, -0.05) is 57.9 Å². The normalized spacial score (nSPS) is 21.8. The summed E-state index contributed by atoms with van der Waals surface area (Å²) in [5, 5.41) is 3.11. The highest BCUT2D eigenvalue weighted by atomic mass is 16.5. The van der Waals surface area contributed by atoms with E-state index in [2.05, 4.69) is 33.1 Å². The fourth-order valence-corrected chi connectivity index (χ4v) is 5.43. The van der Waals surface area contributed by atoms with Gasteiger partial charge in [-0.15, -0.1) is 0 Å². The quantitative estimate of drug-likeness (QED) is 0.358. The Morgan fingerprint density at radius 2 is 1.78 bits per heavy atom. The van der Waals surface area contributed by atoms with Gasteiger partial charge in [-0.2, -0.15) is 0 Å². The van der Waals surface area contributed by atoms with Crippen LogP contribution in [0.15, 0.2) is 24.4 Å². The van der Waals surface area contributed by atoms with Crippen molar-refractivity contribution in [2.45, 2.75) is 77.2 Å². The predicted octanol–water partition coefficient (Wildman–Crippen LogP) is 3.36. The van der Waals surface area contributed by atoms with Crippen molar-refractivity contribution in [1.29, 1.82) is 0 Å². The fourth-order valence-electron chi connectivity index (χ4n) is 5.43. The summed E-state index contributed by atoms with van der Waals surface area (Å²) in [4.78, 5) is 34.1. The summed E-state index contributed by atoms with van der Waals surface area (Å²) < 4.78 is 6.30.